The molecule has 1 unspecified atom stereocenters. The van der Waals surface area contributed by atoms with E-state index < -0.39 is 11.6 Å². The number of ether oxygens (including phenoxy) is 2. The molecular formula is C13H16N2O4S2. The van der Waals surface area contributed by atoms with Crippen molar-refractivity contribution in [1.82, 2.24) is 9.55 Å². The Morgan fingerprint density at radius 3 is 2.95 bits per heavy atom. The Kier molecular flexibility index (Phi) is 5.24. The second-order valence-corrected chi connectivity index (χ2v) is 6.25. The van der Waals surface area contributed by atoms with E-state index in [4.69, 9.17) is 9.47 Å². The van der Waals surface area contributed by atoms with Crippen molar-refractivity contribution in [2.24, 2.45) is 0 Å². The van der Waals surface area contributed by atoms with Crippen LogP contribution in [0.1, 0.15) is 20.8 Å². The lowest BCUT2D eigenvalue weighted by molar-refractivity contribution is 0.0550. The van der Waals surface area contributed by atoms with E-state index >= 15 is 0 Å². The Morgan fingerprint density at radius 2 is 2.29 bits per heavy atom. The second-order valence-electron chi connectivity index (χ2n) is 4.07. The predicted molar refractivity (Wildman–Crippen MR) is 83.0 cm³/mol. The highest BCUT2D eigenvalue weighted by Crippen LogP contribution is 2.24. The van der Waals surface area contributed by atoms with E-state index in [0.717, 1.165) is 0 Å². The minimum absolute atomic E-state index is 0.0664. The van der Waals surface area contributed by atoms with Crippen molar-refractivity contribution in [3.05, 3.63) is 21.8 Å². The molecule has 8 heteroatoms. The lowest BCUT2D eigenvalue weighted by atomic mass is 10.5. The topological polar surface area (TPSA) is 70.4 Å². The summed E-state index contributed by atoms with van der Waals surface area (Å²) >= 11 is 2.59. The molecule has 0 radical (unpaired) electrons. The quantitative estimate of drug-likeness (QED) is 0.363. The zero-order valence-corrected chi connectivity index (χ0v) is 13.6. The fourth-order valence-corrected chi connectivity index (χ4v) is 3.44. The van der Waals surface area contributed by atoms with Crippen LogP contribution in [-0.2, 0) is 16.0 Å². The van der Waals surface area contributed by atoms with Gasteiger partial charge in [0.15, 0.2) is 10.6 Å². The first kappa shape index (κ1) is 15.8. The van der Waals surface area contributed by atoms with Crippen molar-refractivity contribution in [3.63, 3.8) is 0 Å². The van der Waals surface area contributed by atoms with Crippen LogP contribution in [0.5, 0.6) is 0 Å². The van der Waals surface area contributed by atoms with Crippen LogP contribution in [0.15, 0.2) is 21.4 Å². The smallest absolute Gasteiger partial charge is 0.435 e. The van der Waals surface area contributed by atoms with Crippen molar-refractivity contribution in [2.75, 3.05) is 6.61 Å². The molecule has 21 heavy (non-hydrogen) atoms. The number of hydrogen-bond acceptors (Lipinski definition) is 7. The highest BCUT2D eigenvalue weighted by atomic mass is 32.2. The summed E-state index contributed by atoms with van der Waals surface area (Å²) in [7, 11) is 0. The van der Waals surface area contributed by atoms with Gasteiger partial charge >= 0.3 is 6.16 Å². The van der Waals surface area contributed by atoms with Gasteiger partial charge in [-0.05, 0) is 44.0 Å². The van der Waals surface area contributed by atoms with Gasteiger partial charge in [-0.1, -0.05) is 0 Å². The first-order valence-corrected chi connectivity index (χ1v) is 8.30. The number of fused-ring (bicyclic) bond motifs is 1. The van der Waals surface area contributed by atoms with Crippen molar-refractivity contribution < 1.29 is 14.3 Å². The van der Waals surface area contributed by atoms with Gasteiger partial charge in [0.25, 0.3) is 5.56 Å². The summed E-state index contributed by atoms with van der Waals surface area (Å²) in [6, 6.07) is 1.81. The Hall–Kier alpha value is -1.54. The highest BCUT2D eigenvalue weighted by molar-refractivity contribution is 7.99. The molecule has 0 aromatic carbocycles. The summed E-state index contributed by atoms with van der Waals surface area (Å²) in [6.07, 6.45) is -0.723. The maximum Gasteiger partial charge on any atom is 0.509 e. The first-order valence-electron chi connectivity index (χ1n) is 6.54. The maximum absolute atomic E-state index is 12.3. The van der Waals surface area contributed by atoms with E-state index in [9.17, 15) is 9.59 Å². The normalized spacial score (nSPS) is 12.3. The van der Waals surface area contributed by atoms with Crippen molar-refractivity contribution in [2.45, 2.75) is 37.9 Å². The lowest BCUT2D eigenvalue weighted by Crippen LogP contribution is -2.23. The average Bonchev–Trinajstić information content (AvgIpc) is 2.87. The van der Waals surface area contributed by atoms with Crippen LogP contribution < -0.4 is 5.56 Å². The zero-order chi connectivity index (χ0) is 15.4. The third-order valence-corrected chi connectivity index (χ3v) is 4.49. The second kappa shape index (κ2) is 6.95. The van der Waals surface area contributed by atoms with Crippen LogP contribution in [0.4, 0.5) is 4.79 Å². The van der Waals surface area contributed by atoms with Crippen LogP contribution >= 0.6 is 23.1 Å². The summed E-state index contributed by atoms with van der Waals surface area (Å²) in [5.74, 6) is 0. The number of carbonyl (C=O) groups excluding carboxylic acids is 1. The minimum Gasteiger partial charge on any atom is -0.435 e. The first-order chi connectivity index (χ1) is 10.1. The van der Waals surface area contributed by atoms with Gasteiger partial charge in [-0.2, -0.15) is 0 Å². The predicted octanol–water partition coefficient (Wildman–Crippen LogP) is 3.09. The third kappa shape index (κ3) is 3.56. The molecule has 6 nitrogen and oxygen atoms in total. The lowest BCUT2D eigenvalue weighted by Gasteiger charge is -2.14. The molecule has 0 aliphatic heterocycles. The number of thioether (sulfide) groups is 1. The van der Waals surface area contributed by atoms with E-state index in [1.54, 1.807) is 18.4 Å². The highest BCUT2D eigenvalue weighted by Gasteiger charge is 2.17. The van der Waals surface area contributed by atoms with E-state index in [1.807, 2.05) is 18.4 Å². The number of hydrogen-bond donors (Lipinski definition) is 0. The number of carbonyl (C=O) groups is 1. The molecule has 0 saturated heterocycles. The molecule has 0 aliphatic rings. The van der Waals surface area contributed by atoms with E-state index in [2.05, 4.69) is 4.98 Å². The molecule has 2 aromatic rings. The van der Waals surface area contributed by atoms with E-state index in [0.29, 0.717) is 21.9 Å². The van der Waals surface area contributed by atoms with Crippen LogP contribution in [0.2, 0.25) is 0 Å². The van der Waals surface area contributed by atoms with Gasteiger partial charge in [-0.3, -0.25) is 9.36 Å². The minimum atomic E-state index is -0.723. The number of thiophene rings is 1. The molecule has 0 aliphatic carbocycles. The average molecular weight is 328 g/mol. The SMILES string of the molecule is CCOC(=O)OC(C)Sc1nc2ccsc2c(=O)n1CC. The standard InChI is InChI=1S/C13H16N2O4S2/c1-4-15-11(16)10-9(6-7-20-10)14-12(15)21-8(3)19-13(17)18-5-2/h6-8H,4-5H2,1-3H3. The van der Waals surface area contributed by atoms with Crippen LogP contribution in [0, 0.1) is 0 Å². The maximum atomic E-state index is 12.3. The molecule has 0 N–H and O–H groups in total. The Labute approximate surface area is 130 Å². The van der Waals surface area contributed by atoms with Crippen LogP contribution in [0.25, 0.3) is 10.2 Å². The Morgan fingerprint density at radius 1 is 1.52 bits per heavy atom. The molecular weight excluding hydrogens is 312 g/mol. The monoisotopic (exact) mass is 328 g/mol. The molecule has 2 aromatic heterocycles. The van der Waals surface area contributed by atoms with Crippen molar-refractivity contribution >= 4 is 39.5 Å². The molecule has 0 amide bonds. The van der Waals surface area contributed by atoms with Gasteiger partial charge in [-0.25, -0.2) is 9.78 Å². The van der Waals surface area contributed by atoms with E-state index in [-0.39, 0.29) is 12.2 Å². The van der Waals surface area contributed by atoms with Crippen LogP contribution in [0.3, 0.4) is 0 Å². The fourth-order valence-electron chi connectivity index (χ4n) is 1.75. The molecule has 0 fully saturated rings. The summed E-state index contributed by atoms with van der Waals surface area (Å²) in [6.45, 7) is 6.07. The Balaban J connectivity index is 2.25. The molecule has 2 heterocycles. The largest absolute Gasteiger partial charge is 0.509 e. The summed E-state index contributed by atoms with van der Waals surface area (Å²) in [5.41, 5.74) is 0.105. The number of rotatable bonds is 5. The van der Waals surface area contributed by atoms with Gasteiger partial charge in [0.2, 0.25) is 0 Å². The van der Waals surface area contributed by atoms with Crippen LogP contribution in [-0.4, -0.2) is 27.7 Å². The summed E-state index contributed by atoms with van der Waals surface area (Å²) in [4.78, 5) is 28.1. The molecule has 0 saturated carbocycles. The zero-order valence-electron chi connectivity index (χ0n) is 12.0. The molecule has 0 spiro atoms. The molecule has 1 atom stereocenters. The van der Waals surface area contributed by atoms with Gasteiger partial charge in [0.1, 0.15) is 4.70 Å². The van der Waals surface area contributed by atoms with Crippen molar-refractivity contribution in [1.29, 1.82) is 0 Å². The van der Waals surface area contributed by atoms with Gasteiger partial charge in [0.05, 0.1) is 12.1 Å². The van der Waals surface area contributed by atoms with Crippen molar-refractivity contribution in [3.8, 4) is 0 Å². The van der Waals surface area contributed by atoms with Gasteiger partial charge < -0.3 is 9.47 Å². The summed E-state index contributed by atoms with van der Waals surface area (Å²) < 4.78 is 12.0. The Bertz CT molecular complexity index is 695. The van der Waals surface area contributed by atoms with Gasteiger partial charge in [0, 0.05) is 6.54 Å². The van der Waals surface area contributed by atoms with E-state index in [1.165, 1.54) is 23.1 Å². The number of aromatic nitrogens is 2. The molecule has 0 bridgehead atoms. The molecule has 114 valence electrons. The van der Waals surface area contributed by atoms with Gasteiger partial charge in [-0.15, -0.1) is 11.3 Å². The fraction of sp³-hybridized carbons (Fsp3) is 0.462. The summed E-state index contributed by atoms with van der Waals surface area (Å²) in [5, 5.41) is 2.37. The molecule has 2 rings (SSSR count). The third-order valence-electron chi connectivity index (χ3n) is 2.64. The number of nitrogens with zero attached hydrogens (tertiary/aromatic N) is 2.